The molecule has 23 heavy (non-hydrogen) atoms. The molecule has 0 fully saturated rings. The first kappa shape index (κ1) is 15.3. The molecule has 4 nitrogen and oxygen atoms in total. The van der Waals surface area contributed by atoms with E-state index >= 15 is 0 Å². The highest BCUT2D eigenvalue weighted by molar-refractivity contribution is 7.98. The molecule has 0 amide bonds. The van der Waals surface area contributed by atoms with Crippen molar-refractivity contribution in [1.82, 2.24) is 14.8 Å². The Hall–Kier alpha value is -2.58. The molecule has 1 heterocycles. The zero-order valence-electron chi connectivity index (χ0n) is 13.0. The van der Waals surface area contributed by atoms with Gasteiger partial charge in [0, 0.05) is 5.75 Å². The van der Waals surface area contributed by atoms with Crippen molar-refractivity contribution in [3.63, 3.8) is 0 Å². The lowest BCUT2D eigenvalue weighted by Gasteiger charge is -2.11. The van der Waals surface area contributed by atoms with Crippen LogP contribution in [0.25, 0.3) is 5.69 Å². The fourth-order valence-electron chi connectivity index (χ4n) is 2.35. The van der Waals surface area contributed by atoms with Crippen molar-refractivity contribution in [2.24, 2.45) is 0 Å². The van der Waals surface area contributed by atoms with E-state index in [1.54, 1.807) is 11.8 Å². The van der Waals surface area contributed by atoms with Crippen molar-refractivity contribution in [3.8, 4) is 11.8 Å². The Morgan fingerprint density at radius 1 is 1.04 bits per heavy atom. The Bertz CT molecular complexity index is 859. The largest absolute Gasteiger partial charge is 0.274 e. The minimum Gasteiger partial charge on any atom is -0.274 e. The molecular weight excluding hydrogens is 304 g/mol. The Morgan fingerprint density at radius 2 is 1.78 bits per heavy atom. The summed E-state index contributed by atoms with van der Waals surface area (Å²) in [5, 5.41) is 18.3. The molecule has 114 valence electrons. The number of hydrogen-bond donors (Lipinski definition) is 0. The first-order valence-electron chi connectivity index (χ1n) is 7.29. The number of thioether (sulfide) groups is 1. The highest BCUT2D eigenvalue weighted by Gasteiger charge is 2.13. The monoisotopic (exact) mass is 320 g/mol. The maximum atomic E-state index is 8.85. The van der Waals surface area contributed by atoms with E-state index in [1.807, 2.05) is 43.3 Å². The third-order valence-corrected chi connectivity index (χ3v) is 4.60. The van der Waals surface area contributed by atoms with E-state index in [0.29, 0.717) is 5.56 Å². The molecule has 3 aromatic rings. The fraction of sp³-hybridized carbons (Fsp3) is 0.167. The second-order valence-corrected chi connectivity index (χ2v) is 6.19. The zero-order chi connectivity index (χ0) is 16.2. The third-order valence-electron chi connectivity index (χ3n) is 3.60. The van der Waals surface area contributed by atoms with Gasteiger partial charge in [0.25, 0.3) is 0 Å². The van der Waals surface area contributed by atoms with Crippen LogP contribution in [0.2, 0.25) is 0 Å². The van der Waals surface area contributed by atoms with Gasteiger partial charge in [0.05, 0.1) is 17.3 Å². The van der Waals surface area contributed by atoms with Crippen LogP contribution >= 0.6 is 11.8 Å². The van der Waals surface area contributed by atoms with E-state index in [4.69, 9.17) is 5.26 Å². The second kappa shape index (κ2) is 6.67. The topological polar surface area (TPSA) is 54.5 Å². The number of nitrogens with zero attached hydrogens (tertiary/aromatic N) is 4. The predicted octanol–water partition coefficient (Wildman–Crippen LogP) is 4.05. The van der Waals surface area contributed by atoms with Crippen molar-refractivity contribution in [2.75, 3.05) is 0 Å². The van der Waals surface area contributed by atoms with Crippen LogP contribution in [0.5, 0.6) is 0 Å². The molecule has 2 aromatic carbocycles. The van der Waals surface area contributed by atoms with Gasteiger partial charge in [-0.25, -0.2) is 0 Å². The molecule has 0 aliphatic carbocycles. The van der Waals surface area contributed by atoms with Crippen LogP contribution in [0.15, 0.2) is 53.7 Å². The molecular formula is C18H16N4S. The fourth-order valence-corrected chi connectivity index (χ4v) is 3.30. The van der Waals surface area contributed by atoms with E-state index in [0.717, 1.165) is 28.0 Å². The van der Waals surface area contributed by atoms with Crippen LogP contribution in [-0.4, -0.2) is 14.8 Å². The summed E-state index contributed by atoms with van der Waals surface area (Å²) >= 11 is 1.64. The van der Waals surface area contributed by atoms with Crippen LogP contribution < -0.4 is 0 Å². The van der Waals surface area contributed by atoms with Gasteiger partial charge in [-0.3, -0.25) is 4.57 Å². The van der Waals surface area contributed by atoms with Gasteiger partial charge >= 0.3 is 0 Å². The lowest BCUT2D eigenvalue weighted by Crippen LogP contribution is -2.01. The Kier molecular flexibility index (Phi) is 4.45. The van der Waals surface area contributed by atoms with Gasteiger partial charge in [0.2, 0.25) is 0 Å². The smallest absolute Gasteiger partial charge is 0.196 e. The van der Waals surface area contributed by atoms with Crippen LogP contribution in [0, 0.1) is 25.2 Å². The summed E-state index contributed by atoms with van der Waals surface area (Å²) in [4.78, 5) is 0. The summed E-state index contributed by atoms with van der Waals surface area (Å²) in [5.41, 5.74) is 4.14. The maximum absolute atomic E-state index is 8.85. The quantitative estimate of drug-likeness (QED) is 0.681. The summed E-state index contributed by atoms with van der Waals surface area (Å²) in [6.45, 7) is 4.05. The number of nitriles is 1. The molecule has 0 radical (unpaired) electrons. The molecule has 3 rings (SSSR count). The summed E-state index contributed by atoms with van der Waals surface area (Å²) in [5.74, 6) is 1.66. The van der Waals surface area contributed by atoms with Crippen molar-refractivity contribution < 1.29 is 0 Å². The molecule has 0 unspecified atom stereocenters. The summed E-state index contributed by atoms with van der Waals surface area (Å²) in [6.07, 6.45) is 0. The Balaban J connectivity index is 1.84. The average Bonchev–Trinajstić information content (AvgIpc) is 2.94. The Morgan fingerprint density at radius 3 is 2.48 bits per heavy atom. The van der Waals surface area contributed by atoms with Gasteiger partial charge in [-0.15, -0.1) is 10.2 Å². The molecule has 1 aromatic heterocycles. The number of hydrogen-bond acceptors (Lipinski definition) is 4. The van der Waals surface area contributed by atoms with Crippen LogP contribution in [0.3, 0.4) is 0 Å². The highest BCUT2D eigenvalue weighted by Crippen LogP contribution is 2.26. The van der Waals surface area contributed by atoms with Crippen LogP contribution in [-0.2, 0) is 5.75 Å². The van der Waals surface area contributed by atoms with Gasteiger partial charge < -0.3 is 0 Å². The lowest BCUT2D eigenvalue weighted by atomic mass is 10.2. The summed E-state index contributed by atoms with van der Waals surface area (Å²) < 4.78 is 2.09. The molecule has 0 N–H and O–H groups in total. The van der Waals surface area contributed by atoms with Crippen molar-refractivity contribution in [2.45, 2.75) is 24.8 Å². The first-order chi connectivity index (χ1) is 11.2. The van der Waals surface area contributed by atoms with Crippen LogP contribution in [0.1, 0.15) is 22.5 Å². The molecule has 0 aliphatic heterocycles. The van der Waals surface area contributed by atoms with Gasteiger partial charge in [0.1, 0.15) is 5.82 Å². The normalized spacial score (nSPS) is 10.5. The second-order valence-electron chi connectivity index (χ2n) is 5.25. The van der Waals surface area contributed by atoms with Crippen molar-refractivity contribution in [3.05, 3.63) is 71.0 Å². The summed E-state index contributed by atoms with van der Waals surface area (Å²) in [6, 6.07) is 18.0. The molecule has 0 atom stereocenters. The van der Waals surface area contributed by atoms with E-state index in [2.05, 4.69) is 39.9 Å². The minimum atomic E-state index is 0.678. The van der Waals surface area contributed by atoms with Gasteiger partial charge in [-0.1, -0.05) is 42.1 Å². The Labute approximate surface area is 139 Å². The number of benzene rings is 2. The maximum Gasteiger partial charge on any atom is 0.196 e. The molecule has 0 bridgehead atoms. The van der Waals surface area contributed by atoms with Gasteiger partial charge in [-0.2, -0.15) is 5.26 Å². The number of rotatable bonds is 4. The average molecular weight is 320 g/mol. The third kappa shape index (κ3) is 3.27. The van der Waals surface area contributed by atoms with E-state index in [-0.39, 0.29) is 0 Å². The number of aryl methyl sites for hydroxylation is 2. The van der Waals surface area contributed by atoms with Gasteiger partial charge in [0.15, 0.2) is 5.16 Å². The minimum absolute atomic E-state index is 0.678. The molecule has 0 aliphatic rings. The predicted molar refractivity (Wildman–Crippen MR) is 91.6 cm³/mol. The molecule has 0 saturated heterocycles. The number of aromatic nitrogens is 3. The number of para-hydroxylation sites is 1. The molecule has 5 heteroatoms. The van der Waals surface area contributed by atoms with Crippen molar-refractivity contribution >= 4 is 11.8 Å². The van der Waals surface area contributed by atoms with Crippen molar-refractivity contribution in [1.29, 1.82) is 5.26 Å². The van der Waals surface area contributed by atoms with E-state index < -0.39 is 0 Å². The summed E-state index contributed by atoms with van der Waals surface area (Å²) in [7, 11) is 0. The van der Waals surface area contributed by atoms with E-state index in [9.17, 15) is 0 Å². The van der Waals surface area contributed by atoms with Crippen LogP contribution in [0.4, 0.5) is 0 Å². The standard InChI is InChI=1S/C18H16N4S/c1-13-5-3-4-6-17(13)22-14(2)20-21-18(22)23-12-16-9-7-15(11-19)8-10-16/h3-10H,12H2,1-2H3. The molecule has 0 saturated carbocycles. The zero-order valence-corrected chi connectivity index (χ0v) is 13.8. The van der Waals surface area contributed by atoms with Gasteiger partial charge in [-0.05, 0) is 43.2 Å². The SMILES string of the molecule is Cc1ccccc1-n1c(C)nnc1SCc1ccc(C#N)cc1. The highest BCUT2D eigenvalue weighted by atomic mass is 32.2. The lowest BCUT2D eigenvalue weighted by molar-refractivity contribution is 0.862. The molecule has 0 spiro atoms. The van der Waals surface area contributed by atoms with E-state index in [1.165, 1.54) is 5.56 Å². The first-order valence-corrected chi connectivity index (χ1v) is 8.27.